The van der Waals surface area contributed by atoms with Crippen LogP contribution in [0.25, 0.3) is 0 Å². The fraction of sp³-hybridized carbons (Fsp3) is 1.00. The molecule has 1 saturated heterocycles. The van der Waals surface area contributed by atoms with Gasteiger partial charge in [-0.05, 0) is 38.6 Å². The monoisotopic (exact) mass is 212 g/mol. The molecule has 2 rings (SSSR count). The highest BCUT2D eigenvalue weighted by atomic mass is 16.3. The van der Waals surface area contributed by atoms with Gasteiger partial charge in [0.2, 0.25) is 0 Å². The van der Waals surface area contributed by atoms with E-state index in [4.69, 9.17) is 0 Å². The molecule has 0 spiro atoms. The normalized spacial score (nSPS) is 35.4. The van der Waals surface area contributed by atoms with Crippen LogP contribution >= 0.6 is 0 Å². The highest BCUT2D eigenvalue weighted by Gasteiger charge is 2.38. The van der Waals surface area contributed by atoms with E-state index in [2.05, 4.69) is 17.1 Å². The molecule has 15 heavy (non-hydrogen) atoms. The first-order chi connectivity index (χ1) is 7.17. The van der Waals surface area contributed by atoms with Crippen molar-refractivity contribution >= 4 is 0 Å². The zero-order valence-electron chi connectivity index (χ0n) is 10.00. The molecule has 0 aromatic rings. The van der Waals surface area contributed by atoms with Gasteiger partial charge in [0.05, 0.1) is 12.1 Å². The molecule has 0 amide bonds. The van der Waals surface area contributed by atoms with Gasteiger partial charge in [0.25, 0.3) is 0 Å². The van der Waals surface area contributed by atoms with Crippen molar-refractivity contribution in [3.05, 3.63) is 0 Å². The van der Waals surface area contributed by atoms with Crippen molar-refractivity contribution in [3.8, 4) is 0 Å². The lowest BCUT2D eigenvalue weighted by Crippen LogP contribution is -2.52. The Morgan fingerprint density at radius 1 is 1.33 bits per heavy atom. The van der Waals surface area contributed by atoms with Crippen LogP contribution in [0.3, 0.4) is 0 Å². The average molecular weight is 212 g/mol. The van der Waals surface area contributed by atoms with Crippen molar-refractivity contribution in [1.29, 1.82) is 0 Å². The quantitative estimate of drug-likeness (QED) is 0.719. The molecular weight excluding hydrogens is 188 g/mol. The maximum atomic E-state index is 9.36. The SMILES string of the molecule is CNC(C)(CO)CN1CC2CCCC2C1. The maximum absolute atomic E-state index is 9.36. The van der Waals surface area contributed by atoms with E-state index >= 15 is 0 Å². The molecule has 1 aliphatic carbocycles. The molecule has 0 aromatic carbocycles. The summed E-state index contributed by atoms with van der Waals surface area (Å²) in [5.74, 6) is 1.90. The van der Waals surface area contributed by atoms with Crippen LogP contribution < -0.4 is 5.32 Å². The molecule has 2 fully saturated rings. The van der Waals surface area contributed by atoms with Gasteiger partial charge < -0.3 is 15.3 Å². The third-order valence-corrected chi connectivity index (χ3v) is 4.33. The lowest BCUT2D eigenvalue weighted by molar-refractivity contribution is 0.134. The van der Waals surface area contributed by atoms with Gasteiger partial charge in [-0.2, -0.15) is 0 Å². The van der Waals surface area contributed by atoms with Crippen LogP contribution in [0.1, 0.15) is 26.2 Å². The van der Waals surface area contributed by atoms with Crippen LogP contribution in [0.15, 0.2) is 0 Å². The van der Waals surface area contributed by atoms with Gasteiger partial charge in [-0.1, -0.05) is 6.42 Å². The molecule has 3 heteroatoms. The lowest BCUT2D eigenvalue weighted by atomic mass is 10.0. The molecule has 1 saturated carbocycles. The predicted octanol–water partition coefficient (Wildman–Crippen LogP) is 0.689. The van der Waals surface area contributed by atoms with Gasteiger partial charge >= 0.3 is 0 Å². The van der Waals surface area contributed by atoms with E-state index in [1.54, 1.807) is 0 Å². The highest BCUT2D eigenvalue weighted by molar-refractivity contribution is 4.93. The highest BCUT2D eigenvalue weighted by Crippen LogP contribution is 2.37. The Hall–Kier alpha value is -0.120. The third kappa shape index (κ3) is 2.35. The van der Waals surface area contributed by atoms with Crippen molar-refractivity contribution in [2.24, 2.45) is 11.8 Å². The molecule has 3 unspecified atom stereocenters. The molecule has 3 atom stereocenters. The van der Waals surface area contributed by atoms with E-state index < -0.39 is 0 Å². The van der Waals surface area contributed by atoms with Gasteiger partial charge in [-0.25, -0.2) is 0 Å². The summed E-state index contributed by atoms with van der Waals surface area (Å²) in [5, 5.41) is 12.6. The summed E-state index contributed by atoms with van der Waals surface area (Å²) in [6.07, 6.45) is 4.29. The molecule has 0 aromatic heterocycles. The first-order valence-electron chi connectivity index (χ1n) is 6.19. The van der Waals surface area contributed by atoms with Crippen LogP contribution in [0.2, 0.25) is 0 Å². The Labute approximate surface area is 92.8 Å². The van der Waals surface area contributed by atoms with E-state index in [0.29, 0.717) is 0 Å². The Balaban J connectivity index is 1.86. The van der Waals surface area contributed by atoms with E-state index in [-0.39, 0.29) is 12.1 Å². The van der Waals surface area contributed by atoms with Crippen LogP contribution in [-0.2, 0) is 0 Å². The molecular formula is C12H24N2O. The Morgan fingerprint density at radius 3 is 2.40 bits per heavy atom. The van der Waals surface area contributed by atoms with Crippen LogP contribution in [-0.4, -0.2) is 48.8 Å². The number of nitrogens with zero attached hydrogens (tertiary/aromatic N) is 1. The topological polar surface area (TPSA) is 35.5 Å². The third-order valence-electron chi connectivity index (χ3n) is 4.33. The van der Waals surface area contributed by atoms with Crippen LogP contribution in [0.5, 0.6) is 0 Å². The molecule has 0 radical (unpaired) electrons. The number of rotatable bonds is 4. The second-order valence-corrected chi connectivity index (χ2v) is 5.61. The van der Waals surface area contributed by atoms with Crippen molar-refractivity contribution in [1.82, 2.24) is 10.2 Å². The first kappa shape index (κ1) is 11.4. The minimum atomic E-state index is -0.126. The van der Waals surface area contributed by atoms with E-state index in [0.717, 1.165) is 18.4 Å². The van der Waals surface area contributed by atoms with Crippen molar-refractivity contribution < 1.29 is 5.11 Å². The Kier molecular flexibility index (Phi) is 3.33. The number of hydrogen-bond donors (Lipinski definition) is 2. The van der Waals surface area contributed by atoms with Crippen LogP contribution in [0, 0.1) is 11.8 Å². The average Bonchev–Trinajstić information content (AvgIpc) is 2.77. The summed E-state index contributed by atoms with van der Waals surface area (Å²) in [7, 11) is 1.94. The summed E-state index contributed by atoms with van der Waals surface area (Å²) in [5.41, 5.74) is -0.126. The van der Waals surface area contributed by atoms with Gasteiger partial charge in [-0.3, -0.25) is 0 Å². The molecule has 3 nitrogen and oxygen atoms in total. The number of fused-ring (bicyclic) bond motifs is 1. The molecule has 0 bridgehead atoms. The van der Waals surface area contributed by atoms with Crippen molar-refractivity contribution in [3.63, 3.8) is 0 Å². The van der Waals surface area contributed by atoms with Crippen LogP contribution in [0.4, 0.5) is 0 Å². The van der Waals surface area contributed by atoms with Gasteiger partial charge in [-0.15, -0.1) is 0 Å². The fourth-order valence-corrected chi connectivity index (χ4v) is 3.16. The number of likely N-dealkylation sites (tertiary alicyclic amines) is 1. The smallest absolute Gasteiger partial charge is 0.0623 e. The summed E-state index contributed by atoms with van der Waals surface area (Å²) in [6.45, 7) is 5.80. The molecule has 1 aliphatic heterocycles. The maximum Gasteiger partial charge on any atom is 0.0623 e. The summed E-state index contributed by atoms with van der Waals surface area (Å²) in [6, 6.07) is 0. The number of hydrogen-bond acceptors (Lipinski definition) is 3. The number of aliphatic hydroxyl groups excluding tert-OH is 1. The summed E-state index contributed by atoms with van der Waals surface area (Å²) in [4.78, 5) is 2.53. The predicted molar refractivity (Wildman–Crippen MR) is 61.8 cm³/mol. The van der Waals surface area contributed by atoms with E-state index in [1.165, 1.54) is 32.4 Å². The first-order valence-corrected chi connectivity index (χ1v) is 6.19. The second-order valence-electron chi connectivity index (χ2n) is 5.61. The lowest BCUT2D eigenvalue weighted by Gasteiger charge is -2.32. The standard InChI is InChI=1S/C12H24N2O/c1-12(9-15,13-2)8-14-6-10-4-3-5-11(10)7-14/h10-11,13,15H,3-9H2,1-2H3. The zero-order chi connectivity index (χ0) is 10.9. The molecule has 2 N–H and O–H groups in total. The molecule has 88 valence electrons. The second kappa shape index (κ2) is 4.40. The number of likely N-dealkylation sites (N-methyl/N-ethyl adjacent to an activating group) is 1. The van der Waals surface area contributed by atoms with Gasteiger partial charge in [0.15, 0.2) is 0 Å². The largest absolute Gasteiger partial charge is 0.394 e. The fourth-order valence-electron chi connectivity index (χ4n) is 3.16. The minimum Gasteiger partial charge on any atom is -0.394 e. The Bertz CT molecular complexity index is 204. The van der Waals surface area contributed by atoms with E-state index in [1.807, 2.05) is 7.05 Å². The molecule has 2 aliphatic rings. The van der Waals surface area contributed by atoms with Gasteiger partial charge in [0.1, 0.15) is 0 Å². The Morgan fingerprint density at radius 2 is 1.93 bits per heavy atom. The van der Waals surface area contributed by atoms with E-state index in [9.17, 15) is 5.11 Å². The van der Waals surface area contributed by atoms with Crippen molar-refractivity contribution in [2.45, 2.75) is 31.7 Å². The number of nitrogens with one attached hydrogen (secondary N) is 1. The summed E-state index contributed by atoms with van der Waals surface area (Å²) < 4.78 is 0. The zero-order valence-corrected chi connectivity index (χ0v) is 10.00. The number of aliphatic hydroxyl groups is 1. The van der Waals surface area contributed by atoms with Gasteiger partial charge in [0, 0.05) is 19.6 Å². The minimum absolute atomic E-state index is 0.126. The van der Waals surface area contributed by atoms with Crippen molar-refractivity contribution in [2.75, 3.05) is 33.3 Å². The summed E-state index contributed by atoms with van der Waals surface area (Å²) >= 11 is 0. The molecule has 1 heterocycles.